The lowest BCUT2D eigenvalue weighted by molar-refractivity contribution is 0.524. The molecule has 0 amide bonds. The number of para-hydroxylation sites is 1. The molecule has 0 aliphatic carbocycles. The minimum atomic E-state index is -0.234. The third kappa shape index (κ3) is 2.71. The monoisotopic (exact) mass is 320 g/mol. The predicted octanol–water partition coefficient (Wildman–Crippen LogP) is 5.08. The maximum Gasteiger partial charge on any atom is 0.150 e. The minimum absolute atomic E-state index is 0.0523. The third-order valence-corrected chi connectivity index (χ3v) is 4.19. The summed E-state index contributed by atoms with van der Waals surface area (Å²) in [5.41, 5.74) is 2.76. The fourth-order valence-corrected chi connectivity index (χ4v) is 3.04. The molecule has 1 aliphatic heterocycles. The van der Waals surface area contributed by atoms with Crippen LogP contribution in [-0.2, 0) is 0 Å². The molecule has 120 valence electrons. The van der Waals surface area contributed by atoms with Crippen LogP contribution < -0.4 is 5.01 Å². The molecule has 1 aliphatic rings. The Morgan fingerprint density at radius 2 is 1.88 bits per heavy atom. The number of hydrogen-bond donors (Lipinski definition) is 0. The molecule has 1 aromatic heterocycles. The molecular weight excluding hydrogens is 303 g/mol. The van der Waals surface area contributed by atoms with Crippen LogP contribution in [0.15, 0.2) is 76.2 Å². The van der Waals surface area contributed by atoms with Gasteiger partial charge in [0.05, 0.1) is 11.7 Å². The Hall–Kier alpha value is -2.88. The number of hydrazone groups is 1. The summed E-state index contributed by atoms with van der Waals surface area (Å²) in [6.45, 7) is 1.91. The fourth-order valence-electron chi connectivity index (χ4n) is 3.04. The van der Waals surface area contributed by atoms with Crippen molar-refractivity contribution in [1.82, 2.24) is 0 Å². The molecule has 1 unspecified atom stereocenters. The van der Waals surface area contributed by atoms with Crippen LogP contribution in [0.4, 0.5) is 10.1 Å². The standard InChI is InChI=1S/C20H17FN2O/c1-14-10-11-20(24-14)18-13-19(15-6-5-7-16(21)12-15)23(22-18)17-8-3-2-4-9-17/h2-12,19H,13H2,1H3. The highest BCUT2D eigenvalue weighted by Crippen LogP contribution is 2.36. The molecule has 0 saturated heterocycles. The van der Waals surface area contributed by atoms with E-state index in [-0.39, 0.29) is 11.9 Å². The van der Waals surface area contributed by atoms with Gasteiger partial charge < -0.3 is 4.42 Å². The zero-order valence-corrected chi connectivity index (χ0v) is 13.3. The van der Waals surface area contributed by atoms with E-state index < -0.39 is 0 Å². The number of hydrogen-bond acceptors (Lipinski definition) is 3. The van der Waals surface area contributed by atoms with Gasteiger partial charge in [-0.2, -0.15) is 5.10 Å². The van der Waals surface area contributed by atoms with Crippen LogP contribution in [0, 0.1) is 12.7 Å². The number of benzene rings is 2. The SMILES string of the molecule is Cc1ccc(C2=NN(c3ccccc3)C(c3cccc(F)c3)C2)o1. The van der Waals surface area contributed by atoms with E-state index in [1.54, 1.807) is 12.1 Å². The van der Waals surface area contributed by atoms with Crippen molar-refractivity contribution < 1.29 is 8.81 Å². The second kappa shape index (κ2) is 5.96. The number of nitrogens with zero attached hydrogens (tertiary/aromatic N) is 2. The molecule has 24 heavy (non-hydrogen) atoms. The Morgan fingerprint density at radius 3 is 2.58 bits per heavy atom. The Morgan fingerprint density at radius 1 is 1.04 bits per heavy atom. The number of aryl methyl sites for hydroxylation is 1. The van der Waals surface area contributed by atoms with Gasteiger partial charge in [-0.3, -0.25) is 5.01 Å². The van der Waals surface area contributed by atoms with E-state index in [0.29, 0.717) is 6.42 Å². The minimum Gasteiger partial charge on any atom is -0.460 e. The molecule has 0 spiro atoms. The van der Waals surface area contributed by atoms with E-state index in [9.17, 15) is 4.39 Å². The van der Waals surface area contributed by atoms with Gasteiger partial charge in [-0.15, -0.1) is 0 Å². The van der Waals surface area contributed by atoms with E-state index >= 15 is 0 Å². The molecule has 2 aromatic carbocycles. The molecule has 2 heterocycles. The number of halogens is 1. The lowest BCUT2D eigenvalue weighted by Gasteiger charge is -2.23. The lowest BCUT2D eigenvalue weighted by atomic mass is 10.0. The van der Waals surface area contributed by atoms with Crippen LogP contribution in [0.5, 0.6) is 0 Å². The van der Waals surface area contributed by atoms with Crippen LogP contribution >= 0.6 is 0 Å². The number of anilines is 1. The van der Waals surface area contributed by atoms with Gasteiger partial charge in [0.2, 0.25) is 0 Å². The molecule has 0 N–H and O–H groups in total. The quantitative estimate of drug-likeness (QED) is 0.673. The second-order valence-electron chi connectivity index (χ2n) is 5.91. The Balaban J connectivity index is 1.76. The highest BCUT2D eigenvalue weighted by Gasteiger charge is 2.31. The first kappa shape index (κ1) is 14.7. The molecule has 0 saturated carbocycles. The van der Waals surface area contributed by atoms with Gasteiger partial charge in [-0.25, -0.2) is 4.39 Å². The summed E-state index contributed by atoms with van der Waals surface area (Å²) in [5, 5.41) is 6.71. The summed E-state index contributed by atoms with van der Waals surface area (Å²) in [4.78, 5) is 0. The summed E-state index contributed by atoms with van der Waals surface area (Å²) in [7, 11) is 0. The zero-order valence-electron chi connectivity index (χ0n) is 13.3. The molecular formula is C20H17FN2O. The van der Waals surface area contributed by atoms with Gasteiger partial charge in [-0.05, 0) is 48.9 Å². The highest BCUT2D eigenvalue weighted by molar-refractivity contribution is 6.01. The predicted molar refractivity (Wildman–Crippen MR) is 92.7 cm³/mol. The van der Waals surface area contributed by atoms with Crippen molar-refractivity contribution >= 4 is 11.4 Å². The fraction of sp³-hybridized carbons (Fsp3) is 0.150. The normalized spacial score (nSPS) is 17.2. The first-order valence-corrected chi connectivity index (χ1v) is 7.95. The lowest BCUT2D eigenvalue weighted by Crippen LogP contribution is -2.18. The average molecular weight is 320 g/mol. The van der Waals surface area contributed by atoms with Crippen molar-refractivity contribution in [3.05, 3.63) is 89.6 Å². The third-order valence-electron chi connectivity index (χ3n) is 4.19. The van der Waals surface area contributed by atoms with Crippen LogP contribution in [-0.4, -0.2) is 5.71 Å². The van der Waals surface area contributed by atoms with E-state index in [2.05, 4.69) is 0 Å². The van der Waals surface area contributed by atoms with Crippen LogP contribution in [0.2, 0.25) is 0 Å². The summed E-state index contributed by atoms with van der Waals surface area (Å²) < 4.78 is 19.4. The van der Waals surface area contributed by atoms with E-state index in [1.165, 1.54) is 6.07 Å². The van der Waals surface area contributed by atoms with Crippen LogP contribution in [0.25, 0.3) is 0 Å². The molecule has 4 rings (SSSR count). The van der Waals surface area contributed by atoms with Gasteiger partial charge in [0.25, 0.3) is 0 Å². The van der Waals surface area contributed by atoms with Gasteiger partial charge >= 0.3 is 0 Å². The molecule has 4 heteroatoms. The first-order valence-electron chi connectivity index (χ1n) is 7.95. The largest absolute Gasteiger partial charge is 0.460 e. The maximum absolute atomic E-state index is 13.7. The maximum atomic E-state index is 13.7. The average Bonchev–Trinajstić information content (AvgIpc) is 3.22. The van der Waals surface area contributed by atoms with Crippen molar-refractivity contribution in [3.63, 3.8) is 0 Å². The highest BCUT2D eigenvalue weighted by atomic mass is 19.1. The van der Waals surface area contributed by atoms with E-state index in [4.69, 9.17) is 9.52 Å². The molecule has 0 radical (unpaired) electrons. The van der Waals surface area contributed by atoms with Crippen molar-refractivity contribution in [3.8, 4) is 0 Å². The topological polar surface area (TPSA) is 28.7 Å². The molecule has 1 atom stereocenters. The summed E-state index contributed by atoms with van der Waals surface area (Å²) in [6.07, 6.45) is 0.672. The van der Waals surface area contributed by atoms with E-state index in [0.717, 1.165) is 28.5 Å². The second-order valence-corrected chi connectivity index (χ2v) is 5.91. The molecule has 3 nitrogen and oxygen atoms in total. The Labute approximate surface area is 140 Å². The summed E-state index contributed by atoms with van der Waals surface area (Å²) in [5.74, 6) is 1.39. The van der Waals surface area contributed by atoms with Gasteiger partial charge in [0.1, 0.15) is 23.0 Å². The zero-order chi connectivity index (χ0) is 16.5. The first-order chi connectivity index (χ1) is 11.7. The summed E-state index contributed by atoms with van der Waals surface area (Å²) in [6, 6.07) is 20.5. The van der Waals surface area contributed by atoms with Crippen LogP contribution in [0.1, 0.15) is 29.5 Å². The van der Waals surface area contributed by atoms with Crippen molar-refractivity contribution in [2.24, 2.45) is 5.10 Å². The van der Waals surface area contributed by atoms with Crippen molar-refractivity contribution in [2.75, 3.05) is 5.01 Å². The van der Waals surface area contributed by atoms with Crippen molar-refractivity contribution in [1.29, 1.82) is 0 Å². The number of rotatable bonds is 3. The van der Waals surface area contributed by atoms with Crippen molar-refractivity contribution in [2.45, 2.75) is 19.4 Å². The van der Waals surface area contributed by atoms with Gasteiger partial charge in [0.15, 0.2) is 0 Å². The van der Waals surface area contributed by atoms with Gasteiger partial charge in [-0.1, -0.05) is 30.3 Å². The van der Waals surface area contributed by atoms with Crippen LogP contribution in [0.3, 0.4) is 0 Å². The Bertz CT molecular complexity index is 885. The molecule has 0 fully saturated rings. The smallest absolute Gasteiger partial charge is 0.150 e. The number of furan rings is 1. The molecule has 0 bridgehead atoms. The Kier molecular flexibility index (Phi) is 3.65. The van der Waals surface area contributed by atoms with Gasteiger partial charge in [0, 0.05) is 6.42 Å². The summed E-state index contributed by atoms with van der Waals surface area (Å²) >= 11 is 0. The van der Waals surface area contributed by atoms with E-state index in [1.807, 2.05) is 60.5 Å². The molecule has 3 aromatic rings.